The second kappa shape index (κ2) is 5.67. The standard InChI is InChI=1S/C13H13BrN2S/c1-9-2-3-10(7-15)12(6-9)17-13-5-4-11(14)8-16-13/h2-6,8H,7,15H2,1H3. The van der Waals surface area contributed by atoms with Gasteiger partial charge in [0.05, 0.1) is 0 Å². The highest BCUT2D eigenvalue weighted by atomic mass is 79.9. The van der Waals surface area contributed by atoms with Gasteiger partial charge in [-0.05, 0) is 52.2 Å². The second-order valence-corrected chi connectivity index (χ2v) is 5.71. The Bertz CT molecular complexity index is 511. The number of benzene rings is 1. The lowest BCUT2D eigenvalue weighted by Crippen LogP contribution is -1.98. The van der Waals surface area contributed by atoms with Crippen LogP contribution in [0.1, 0.15) is 11.1 Å². The molecule has 0 saturated heterocycles. The highest BCUT2D eigenvalue weighted by Gasteiger charge is 2.04. The number of nitrogens with two attached hydrogens (primary N) is 1. The van der Waals surface area contributed by atoms with E-state index in [1.54, 1.807) is 18.0 Å². The minimum Gasteiger partial charge on any atom is -0.326 e. The molecule has 2 aromatic rings. The molecule has 1 heterocycles. The van der Waals surface area contributed by atoms with Crippen molar-refractivity contribution in [3.8, 4) is 0 Å². The molecule has 0 aliphatic carbocycles. The zero-order valence-corrected chi connectivity index (χ0v) is 11.9. The molecule has 0 radical (unpaired) electrons. The molecule has 1 aromatic heterocycles. The third-order valence-electron chi connectivity index (χ3n) is 2.36. The molecule has 0 fully saturated rings. The molecule has 0 bridgehead atoms. The summed E-state index contributed by atoms with van der Waals surface area (Å²) in [6.45, 7) is 2.64. The van der Waals surface area contributed by atoms with E-state index in [1.807, 2.05) is 12.1 Å². The molecule has 0 amide bonds. The Kier molecular flexibility index (Phi) is 4.20. The Morgan fingerprint density at radius 2 is 2.12 bits per heavy atom. The van der Waals surface area contributed by atoms with Crippen molar-refractivity contribution in [3.63, 3.8) is 0 Å². The third kappa shape index (κ3) is 3.31. The number of pyridine rings is 1. The monoisotopic (exact) mass is 308 g/mol. The van der Waals surface area contributed by atoms with Gasteiger partial charge in [0.25, 0.3) is 0 Å². The van der Waals surface area contributed by atoms with Crippen molar-refractivity contribution in [3.05, 3.63) is 52.1 Å². The van der Waals surface area contributed by atoms with Crippen LogP contribution in [0.4, 0.5) is 0 Å². The maximum absolute atomic E-state index is 5.74. The Morgan fingerprint density at radius 1 is 1.29 bits per heavy atom. The summed E-state index contributed by atoms with van der Waals surface area (Å²) in [5, 5.41) is 0.980. The molecule has 88 valence electrons. The number of aryl methyl sites for hydroxylation is 1. The van der Waals surface area contributed by atoms with Gasteiger partial charge < -0.3 is 5.73 Å². The quantitative estimate of drug-likeness (QED) is 0.938. The topological polar surface area (TPSA) is 38.9 Å². The molecule has 0 unspecified atom stereocenters. The highest BCUT2D eigenvalue weighted by Crippen LogP contribution is 2.30. The van der Waals surface area contributed by atoms with E-state index in [-0.39, 0.29) is 0 Å². The predicted molar refractivity (Wildman–Crippen MR) is 75.1 cm³/mol. The first-order chi connectivity index (χ1) is 8.19. The molecule has 4 heteroatoms. The van der Waals surface area contributed by atoms with Crippen molar-refractivity contribution in [2.75, 3.05) is 0 Å². The van der Waals surface area contributed by atoms with Crippen LogP contribution in [0, 0.1) is 6.92 Å². The van der Waals surface area contributed by atoms with Gasteiger partial charge in [-0.25, -0.2) is 4.98 Å². The highest BCUT2D eigenvalue weighted by molar-refractivity contribution is 9.10. The maximum Gasteiger partial charge on any atom is 0.101 e. The molecule has 1 aromatic carbocycles. The van der Waals surface area contributed by atoms with Gasteiger partial charge in [-0.1, -0.05) is 23.9 Å². The third-order valence-corrected chi connectivity index (χ3v) is 3.88. The van der Waals surface area contributed by atoms with Gasteiger partial charge in [0.2, 0.25) is 0 Å². The fourth-order valence-corrected chi connectivity index (χ4v) is 2.69. The Labute approximate surface area is 114 Å². The fraction of sp³-hybridized carbons (Fsp3) is 0.154. The van der Waals surface area contributed by atoms with E-state index in [0.29, 0.717) is 6.54 Å². The molecule has 2 N–H and O–H groups in total. The van der Waals surface area contributed by atoms with Crippen molar-refractivity contribution >= 4 is 27.7 Å². The SMILES string of the molecule is Cc1ccc(CN)c(Sc2ccc(Br)cn2)c1. The van der Waals surface area contributed by atoms with Crippen LogP contribution in [0.15, 0.2) is 50.9 Å². The van der Waals surface area contributed by atoms with Crippen molar-refractivity contribution in [1.29, 1.82) is 0 Å². The van der Waals surface area contributed by atoms with Gasteiger partial charge in [-0.3, -0.25) is 0 Å². The smallest absolute Gasteiger partial charge is 0.101 e. The summed E-state index contributed by atoms with van der Waals surface area (Å²) in [7, 11) is 0. The number of hydrogen-bond acceptors (Lipinski definition) is 3. The molecule has 2 rings (SSSR count). The lowest BCUT2D eigenvalue weighted by Gasteiger charge is -2.08. The Morgan fingerprint density at radius 3 is 2.76 bits per heavy atom. The Balaban J connectivity index is 2.28. The normalized spacial score (nSPS) is 10.5. The largest absolute Gasteiger partial charge is 0.326 e. The van der Waals surface area contributed by atoms with Crippen LogP contribution in [-0.4, -0.2) is 4.98 Å². The van der Waals surface area contributed by atoms with E-state index in [0.717, 1.165) is 15.1 Å². The number of rotatable bonds is 3. The van der Waals surface area contributed by atoms with E-state index in [4.69, 9.17) is 5.73 Å². The van der Waals surface area contributed by atoms with Crippen LogP contribution in [0.5, 0.6) is 0 Å². The van der Waals surface area contributed by atoms with Crippen molar-refractivity contribution in [2.45, 2.75) is 23.4 Å². The lowest BCUT2D eigenvalue weighted by atomic mass is 10.1. The van der Waals surface area contributed by atoms with E-state index in [1.165, 1.54) is 10.5 Å². The number of halogens is 1. The van der Waals surface area contributed by atoms with E-state index in [9.17, 15) is 0 Å². The molecule has 0 aliphatic heterocycles. The molecule has 0 atom stereocenters. The first-order valence-electron chi connectivity index (χ1n) is 5.28. The second-order valence-electron chi connectivity index (χ2n) is 3.73. The molecule has 2 nitrogen and oxygen atoms in total. The zero-order valence-electron chi connectivity index (χ0n) is 9.48. The van der Waals surface area contributed by atoms with Crippen LogP contribution < -0.4 is 5.73 Å². The van der Waals surface area contributed by atoms with Crippen molar-refractivity contribution in [1.82, 2.24) is 4.98 Å². The molecule has 17 heavy (non-hydrogen) atoms. The van der Waals surface area contributed by atoms with Crippen molar-refractivity contribution < 1.29 is 0 Å². The van der Waals surface area contributed by atoms with Crippen LogP contribution in [0.25, 0.3) is 0 Å². The molecule has 0 saturated carbocycles. The van der Waals surface area contributed by atoms with Crippen LogP contribution in [-0.2, 0) is 6.54 Å². The average Bonchev–Trinajstić information content (AvgIpc) is 2.32. The summed E-state index contributed by atoms with van der Waals surface area (Å²) < 4.78 is 0.991. The Hall–Kier alpha value is -0.840. The van der Waals surface area contributed by atoms with Gasteiger partial charge in [-0.2, -0.15) is 0 Å². The van der Waals surface area contributed by atoms with E-state index < -0.39 is 0 Å². The van der Waals surface area contributed by atoms with E-state index >= 15 is 0 Å². The number of hydrogen-bond donors (Lipinski definition) is 1. The maximum atomic E-state index is 5.74. The molecule has 0 spiro atoms. The summed E-state index contributed by atoms with van der Waals surface area (Å²) in [6, 6.07) is 10.3. The van der Waals surface area contributed by atoms with Crippen LogP contribution in [0.2, 0.25) is 0 Å². The van der Waals surface area contributed by atoms with E-state index in [2.05, 4.69) is 46.0 Å². The molecular formula is C13H13BrN2S. The van der Waals surface area contributed by atoms with Crippen LogP contribution >= 0.6 is 27.7 Å². The molecular weight excluding hydrogens is 296 g/mol. The summed E-state index contributed by atoms with van der Waals surface area (Å²) in [4.78, 5) is 5.54. The van der Waals surface area contributed by atoms with Gasteiger partial charge >= 0.3 is 0 Å². The van der Waals surface area contributed by atoms with Crippen molar-refractivity contribution in [2.24, 2.45) is 5.73 Å². The first-order valence-corrected chi connectivity index (χ1v) is 6.89. The molecule has 0 aliphatic rings. The van der Waals surface area contributed by atoms with Gasteiger partial charge in [0.15, 0.2) is 0 Å². The average molecular weight is 309 g/mol. The summed E-state index contributed by atoms with van der Waals surface area (Å²) >= 11 is 5.03. The van der Waals surface area contributed by atoms with Crippen LogP contribution in [0.3, 0.4) is 0 Å². The summed E-state index contributed by atoms with van der Waals surface area (Å²) in [5.41, 5.74) is 8.13. The first kappa shape index (κ1) is 12.6. The van der Waals surface area contributed by atoms with Gasteiger partial charge in [-0.15, -0.1) is 0 Å². The van der Waals surface area contributed by atoms with Gasteiger partial charge in [0.1, 0.15) is 5.03 Å². The summed E-state index contributed by atoms with van der Waals surface area (Å²) in [5.74, 6) is 0. The van der Waals surface area contributed by atoms with Gasteiger partial charge in [0, 0.05) is 22.1 Å². The zero-order chi connectivity index (χ0) is 12.3. The number of nitrogens with zero attached hydrogens (tertiary/aromatic N) is 1. The lowest BCUT2D eigenvalue weighted by molar-refractivity contribution is 1.02. The summed E-state index contributed by atoms with van der Waals surface area (Å²) in [6.07, 6.45) is 1.81. The fourth-order valence-electron chi connectivity index (χ4n) is 1.46. The minimum atomic E-state index is 0.555. The minimum absolute atomic E-state index is 0.555. The predicted octanol–water partition coefficient (Wildman–Crippen LogP) is 3.76. The number of aromatic nitrogens is 1.